The van der Waals surface area contributed by atoms with Crippen LogP contribution in [0.2, 0.25) is 0 Å². The van der Waals surface area contributed by atoms with Crippen molar-refractivity contribution in [2.45, 2.75) is 63.0 Å². The molecule has 23 heavy (non-hydrogen) atoms. The second kappa shape index (κ2) is 9.38. The summed E-state index contributed by atoms with van der Waals surface area (Å²) < 4.78 is 34.9. The third-order valence-electron chi connectivity index (χ3n) is 4.61. The third-order valence-corrected chi connectivity index (χ3v) is 6.16. The smallest absolute Gasteiger partial charge is 0.747 e. The van der Waals surface area contributed by atoms with Gasteiger partial charge in [-0.05, 0) is 24.0 Å². The van der Waals surface area contributed by atoms with E-state index in [0.717, 1.165) is 24.8 Å². The molecule has 0 amide bonds. The van der Waals surface area contributed by atoms with Crippen LogP contribution < -0.4 is 29.6 Å². The Balaban J connectivity index is 0.00000264. The van der Waals surface area contributed by atoms with Crippen LogP contribution in [0.25, 0.3) is 6.08 Å². The Kier molecular flexibility index (Phi) is 8.53. The fraction of sp³-hybridized carbons (Fsp3) is 0.556. The summed E-state index contributed by atoms with van der Waals surface area (Å²) >= 11 is 0. The van der Waals surface area contributed by atoms with Gasteiger partial charge in [-0.3, -0.25) is 0 Å². The SMILES string of the molecule is CCCCCCCCC1(S(=O)(=O)[O-])CC=Cc2ccccc21.[Na+]. The zero-order valence-corrected chi connectivity index (χ0v) is 17.1. The second-order valence-electron chi connectivity index (χ2n) is 6.16. The van der Waals surface area contributed by atoms with Crippen molar-refractivity contribution in [3.8, 4) is 0 Å². The molecule has 0 saturated heterocycles. The number of allylic oxidation sites excluding steroid dienone is 1. The molecule has 1 atom stereocenters. The minimum Gasteiger partial charge on any atom is -0.747 e. The number of rotatable bonds is 8. The number of unbranched alkanes of at least 4 members (excludes halogenated alkanes) is 5. The van der Waals surface area contributed by atoms with Gasteiger partial charge in [0.25, 0.3) is 0 Å². The van der Waals surface area contributed by atoms with Crippen molar-refractivity contribution in [3.05, 3.63) is 41.5 Å². The van der Waals surface area contributed by atoms with Crippen molar-refractivity contribution < 1.29 is 42.5 Å². The second-order valence-corrected chi connectivity index (χ2v) is 7.85. The molecule has 0 fully saturated rings. The summed E-state index contributed by atoms with van der Waals surface area (Å²) in [5.74, 6) is 0. The molecule has 3 nitrogen and oxygen atoms in total. The predicted octanol–water partition coefficient (Wildman–Crippen LogP) is 1.60. The van der Waals surface area contributed by atoms with Crippen molar-refractivity contribution >= 4 is 16.2 Å². The van der Waals surface area contributed by atoms with E-state index in [-0.39, 0.29) is 29.6 Å². The Morgan fingerprint density at radius 2 is 1.74 bits per heavy atom. The zero-order chi connectivity index (χ0) is 16.1. The van der Waals surface area contributed by atoms with E-state index in [2.05, 4.69) is 6.92 Å². The molecule has 0 aromatic heterocycles. The molecule has 5 heteroatoms. The van der Waals surface area contributed by atoms with Crippen LogP contribution in [0.15, 0.2) is 30.3 Å². The molecule has 0 aliphatic heterocycles. The first-order valence-electron chi connectivity index (χ1n) is 8.23. The van der Waals surface area contributed by atoms with Gasteiger partial charge in [0.15, 0.2) is 0 Å². The monoisotopic (exact) mass is 344 g/mol. The molecule has 2 rings (SSSR count). The number of hydrogen-bond acceptors (Lipinski definition) is 3. The van der Waals surface area contributed by atoms with Crippen LogP contribution in [0.1, 0.15) is 69.4 Å². The quantitative estimate of drug-likeness (QED) is 0.409. The fourth-order valence-corrected chi connectivity index (χ4v) is 4.48. The maximum absolute atomic E-state index is 12.0. The molecule has 1 aromatic carbocycles. The van der Waals surface area contributed by atoms with Gasteiger partial charge in [-0.2, -0.15) is 0 Å². The first-order valence-corrected chi connectivity index (χ1v) is 9.63. The summed E-state index contributed by atoms with van der Waals surface area (Å²) in [4.78, 5) is 0. The Labute approximate surface area is 162 Å². The molecule has 0 N–H and O–H groups in total. The molecule has 0 saturated carbocycles. The third kappa shape index (κ3) is 4.93. The van der Waals surface area contributed by atoms with E-state index in [9.17, 15) is 13.0 Å². The number of hydrogen-bond donors (Lipinski definition) is 0. The molecule has 1 aromatic rings. The Hall–Kier alpha value is -0.130. The maximum atomic E-state index is 12.0. The largest absolute Gasteiger partial charge is 1.00 e. The molecule has 1 unspecified atom stereocenters. The van der Waals surface area contributed by atoms with E-state index in [0.29, 0.717) is 18.4 Å². The van der Waals surface area contributed by atoms with Gasteiger partial charge in [0.05, 0.1) is 4.75 Å². The minimum absolute atomic E-state index is 0. The van der Waals surface area contributed by atoms with Gasteiger partial charge in [0, 0.05) is 0 Å². The first kappa shape index (κ1) is 20.9. The van der Waals surface area contributed by atoms with Crippen molar-refractivity contribution in [1.29, 1.82) is 0 Å². The fourth-order valence-electron chi connectivity index (χ4n) is 3.33. The number of benzene rings is 1. The summed E-state index contributed by atoms with van der Waals surface area (Å²) in [6.07, 6.45) is 10.9. The Bertz CT molecular complexity index is 625. The van der Waals surface area contributed by atoms with Crippen molar-refractivity contribution in [2.24, 2.45) is 0 Å². The Morgan fingerprint density at radius 3 is 2.43 bits per heavy atom. The van der Waals surface area contributed by atoms with E-state index < -0.39 is 14.9 Å². The van der Waals surface area contributed by atoms with E-state index >= 15 is 0 Å². The standard InChI is InChI=1S/C18H26O3S.Na/c1-2-3-4-5-6-9-14-18(22(19,20)21)15-10-12-16-11-7-8-13-17(16)18;/h7-8,10-13H,2-6,9,14-15H2,1H3,(H,19,20,21);/q;+1/p-1. The van der Waals surface area contributed by atoms with Crippen LogP contribution in [0.3, 0.4) is 0 Å². The van der Waals surface area contributed by atoms with Gasteiger partial charge in [-0.15, -0.1) is 0 Å². The average Bonchev–Trinajstić information content (AvgIpc) is 2.49. The van der Waals surface area contributed by atoms with Crippen molar-refractivity contribution in [2.75, 3.05) is 0 Å². The minimum atomic E-state index is -4.40. The van der Waals surface area contributed by atoms with Gasteiger partial charge in [-0.25, -0.2) is 8.42 Å². The van der Waals surface area contributed by atoms with Gasteiger partial charge < -0.3 is 4.55 Å². The van der Waals surface area contributed by atoms with Crippen LogP contribution >= 0.6 is 0 Å². The number of fused-ring (bicyclic) bond motifs is 1. The van der Waals surface area contributed by atoms with E-state index in [1.54, 1.807) is 6.07 Å². The molecular weight excluding hydrogens is 319 g/mol. The first-order chi connectivity index (χ1) is 10.5. The van der Waals surface area contributed by atoms with Crippen molar-refractivity contribution in [3.63, 3.8) is 0 Å². The van der Waals surface area contributed by atoms with Crippen LogP contribution in [-0.2, 0) is 14.9 Å². The van der Waals surface area contributed by atoms with Crippen molar-refractivity contribution in [1.82, 2.24) is 0 Å². The molecular formula is C18H25NaO3S. The normalized spacial score (nSPS) is 19.9. The van der Waals surface area contributed by atoms with E-state index in [1.165, 1.54) is 19.3 Å². The summed E-state index contributed by atoms with van der Waals surface area (Å²) in [7, 11) is -4.40. The molecule has 1 aliphatic carbocycles. The molecule has 0 bridgehead atoms. The maximum Gasteiger partial charge on any atom is 1.00 e. The van der Waals surface area contributed by atoms with Crippen LogP contribution in [0.4, 0.5) is 0 Å². The van der Waals surface area contributed by atoms with Crippen LogP contribution in [-0.4, -0.2) is 13.0 Å². The van der Waals surface area contributed by atoms with Gasteiger partial charge >= 0.3 is 29.6 Å². The zero-order valence-electron chi connectivity index (χ0n) is 14.3. The molecule has 0 spiro atoms. The summed E-state index contributed by atoms with van der Waals surface area (Å²) in [5, 5.41) is 0. The van der Waals surface area contributed by atoms with Crippen LogP contribution in [0, 0.1) is 0 Å². The molecule has 0 heterocycles. The molecule has 122 valence electrons. The van der Waals surface area contributed by atoms with Gasteiger partial charge in [0.1, 0.15) is 10.1 Å². The molecule has 1 aliphatic rings. The van der Waals surface area contributed by atoms with Gasteiger partial charge in [-0.1, -0.05) is 81.9 Å². The van der Waals surface area contributed by atoms with Crippen LogP contribution in [0.5, 0.6) is 0 Å². The summed E-state index contributed by atoms with van der Waals surface area (Å²) in [5.41, 5.74) is 1.54. The average molecular weight is 344 g/mol. The summed E-state index contributed by atoms with van der Waals surface area (Å²) in [6.45, 7) is 2.17. The summed E-state index contributed by atoms with van der Waals surface area (Å²) in [6, 6.07) is 7.37. The van der Waals surface area contributed by atoms with Gasteiger partial charge in [0.2, 0.25) is 0 Å². The predicted molar refractivity (Wildman–Crippen MR) is 89.5 cm³/mol. The molecule has 0 radical (unpaired) electrons. The van der Waals surface area contributed by atoms with E-state index in [1.807, 2.05) is 30.4 Å². The van der Waals surface area contributed by atoms with E-state index in [4.69, 9.17) is 0 Å². The topological polar surface area (TPSA) is 57.2 Å². The Morgan fingerprint density at radius 1 is 1.09 bits per heavy atom.